The lowest BCUT2D eigenvalue weighted by Gasteiger charge is -2.33. The van der Waals surface area contributed by atoms with Gasteiger partial charge in [-0.05, 0) is 66.7 Å². The molecule has 4 aliphatic rings. The van der Waals surface area contributed by atoms with Crippen LogP contribution in [0.15, 0.2) is 47.6 Å². The molecule has 176 valence electrons. The fourth-order valence-electron chi connectivity index (χ4n) is 5.29. The SMILES string of the molecule is O=C(NCC(O)CNC1Cc2ccccc2C1)C1C=C2CCN(C(=O)CC3CC3)CC2=CC1. The van der Waals surface area contributed by atoms with E-state index in [-0.39, 0.29) is 24.3 Å². The number of carbonyl (C=O) groups excluding carboxylic acids is 2. The van der Waals surface area contributed by atoms with Crippen LogP contribution in [-0.4, -0.2) is 60.1 Å². The summed E-state index contributed by atoms with van der Waals surface area (Å²) < 4.78 is 0. The molecule has 0 radical (unpaired) electrons. The van der Waals surface area contributed by atoms with Crippen molar-refractivity contribution >= 4 is 11.8 Å². The first-order valence-electron chi connectivity index (χ1n) is 12.5. The van der Waals surface area contributed by atoms with Crippen molar-refractivity contribution in [2.75, 3.05) is 26.2 Å². The monoisotopic (exact) mass is 449 g/mol. The number of aliphatic hydroxyl groups is 1. The summed E-state index contributed by atoms with van der Waals surface area (Å²) in [6, 6.07) is 8.83. The van der Waals surface area contributed by atoms with E-state index in [1.165, 1.54) is 35.1 Å². The Morgan fingerprint density at radius 2 is 1.85 bits per heavy atom. The molecule has 2 fully saturated rings. The lowest BCUT2D eigenvalue weighted by Crippen LogP contribution is -2.43. The number of likely N-dealkylation sites (tertiary alicyclic amines) is 1. The van der Waals surface area contributed by atoms with Crippen LogP contribution < -0.4 is 10.6 Å². The first-order chi connectivity index (χ1) is 16.0. The van der Waals surface area contributed by atoms with Crippen molar-refractivity contribution in [3.05, 3.63) is 58.7 Å². The summed E-state index contributed by atoms with van der Waals surface area (Å²) in [6.07, 6.45) is 10.1. The van der Waals surface area contributed by atoms with Gasteiger partial charge in [0.05, 0.1) is 12.0 Å². The maximum atomic E-state index is 12.7. The van der Waals surface area contributed by atoms with Crippen LogP contribution in [0.25, 0.3) is 0 Å². The number of hydrogen-bond acceptors (Lipinski definition) is 4. The highest BCUT2D eigenvalue weighted by molar-refractivity contribution is 5.82. The van der Waals surface area contributed by atoms with Crippen molar-refractivity contribution < 1.29 is 14.7 Å². The molecule has 1 aliphatic heterocycles. The van der Waals surface area contributed by atoms with E-state index in [0.29, 0.717) is 37.9 Å². The average molecular weight is 450 g/mol. The molecule has 1 aromatic carbocycles. The van der Waals surface area contributed by atoms with Gasteiger partial charge in [-0.25, -0.2) is 0 Å². The molecule has 3 aliphatic carbocycles. The van der Waals surface area contributed by atoms with Crippen LogP contribution in [0, 0.1) is 11.8 Å². The third-order valence-electron chi connectivity index (χ3n) is 7.50. The van der Waals surface area contributed by atoms with Gasteiger partial charge >= 0.3 is 0 Å². The van der Waals surface area contributed by atoms with Crippen molar-refractivity contribution in [3.8, 4) is 0 Å². The maximum Gasteiger partial charge on any atom is 0.227 e. The van der Waals surface area contributed by atoms with Crippen LogP contribution in [0.4, 0.5) is 0 Å². The third-order valence-corrected chi connectivity index (χ3v) is 7.50. The standard InChI is InChI=1S/C27H35N3O3/c31-25(15-28-24-13-19-3-1-2-4-20(19)14-24)16-29-27(33)22-7-8-23-17-30(10-9-21(23)12-22)26(32)11-18-5-6-18/h1-4,8,12,18,22,24-25,28,31H,5-7,9-11,13-17H2,(H,29,33). The topological polar surface area (TPSA) is 81.7 Å². The van der Waals surface area contributed by atoms with Crippen molar-refractivity contribution in [2.45, 2.75) is 57.1 Å². The van der Waals surface area contributed by atoms with E-state index in [1.807, 2.05) is 4.90 Å². The number of aliphatic hydroxyl groups excluding tert-OH is 1. The molecule has 1 heterocycles. The largest absolute Gasteiger partial charge is 0.390 e. The summed E-state index contributed by atoms with van der Waals surface area (Å²) in [6.45, 7) is 2.16. The van der Waals surface area contributed by atoms with Crippen LogP contribution in [-0.2, 0) is 22.4 Å². The minimum Gasteiger partial charge on any atom is -0.390 e. The highest BCUT2D eigenvalue weighted by Gasteiger charge is 2.31. The number of amides is 2. The Hall–Kier alpha value is -2.44. The molecule has 33 heavy (non-hydrogen) atoms. The molecule has 6 heteroatoms. The Bertz CT molecular complexity index is 940. The molecule has 0 bridgehead atoms. The smallest absolute Gasteiger partial charge is 0.227 e. The molecular weight excluding hydrogens is 414 g/mol. The second-order valence-electron chi connectivity index (χ2n) is 10.2. The van der Waals surface area contributed by atoms with Gasteiger partial charge in [0.25, 0.3) is 0 Å². The number of benzene rings is 1. The van der Waals surface area contributed by atoms with Crippen LogP contribution in [0.1, 0.15) is 43.2 Å². The molecule has 6 nitrogen and oxygen atoms in total. The summed E-state index contributed by atoms with van der Waals surface area (Å²) in [5, 5.41) is 16.7. The fourth-order valence-corrected chi connectivity index (χ4v) is 5.29. The van der Waals surface area contributed by atoms with Gasteiger partial charge < -0.3 is 20.6 Å². The minimum absolute atomic E-state index is 0.0302. The van der Waals surface area contributed by atoms with E-state index in [9.17, 15) is 14.7 Å². The lowest BCUT2D eigenvalue weighted by atomic mass is 9.86. The Labute approximate surface area is 196 Å². The fraction of sp³-hybridized carbons (Fsp3) is 0.556. The molecular formula is C27H35N3O3. The molecule has 0 aromatic heterocycles. The molecule has 3 N–H and O–H groups in total. The molecule has 1 saturated heterocycles. The van der Waals surface area contributed by atoms with E-state index in [4.69, 9.17) is 0 Å². The molecule has 2 amide bonds. The summed E-state index contributed by atoms with van der Waals surface area (Å²) in [5.41, 5.74) is 5.18. The number of hydrogen-bond donors (Lipinski definition) is 3. The average Bonchev–Trinajstić information content (AvgIpc) is 3.55. The number of rotatable bonds is 8. The van der Waals surface area contributed by atoms with Crippen LogP contribution in [0.2, 0.25) is 0 Å². The van der Waals surface area contributed by atoms with Gasteiger partial charge in [-0.2, -0.15) is 0 Å². The van der Waals surface area contributed by atoms with E-state index in [0.717, 1.165) is 25.8 Å². The molecule has 1 aromatic rings. The summed E-state index contributed by atoms with van der Waals surface area (Å²) in [7, 11) is 0. The first-order valence-corrected chi connectivity index (χ1v) is 12.5. The number of carbonyl (C=O) groups is 2. The number of allylic oxidation sites excluding steroid dienone is 1. The van der Waals surface area contributed by atoms with Gasteiger partial charge in [0.15, 0.2) is 0 Å². The Morgan fingerprint density at radius 1 is 1.09 bits per heavy atom. The zero-order valence-electron chi connectivity index (χ0n) is 19.3. The zero-order valence-corrected chi connectivity index (χ0v) is 19.3. The predicted molar refractivity (Wildman–Crippen MR) is 127 cm³/mol. The second kappa shape index (κ2) is 9.82. The van der Waals surface area contributed by atoms with E-state index in [2.05, 4.69) is 47.1 Å². The van der Waals surface area contributed by atoms with Gasteiger partial charge in [-0.3, -0.25) is 9.59 Å². The summed E-state index contributed by atoms with van der Waals surface area (Å²) in [5.74, 6) is 0.670. The number of nitrogens with zero attached hydrogens (tertiary/aromatic N) is 1. The van der Waals surface area contributed by atoms with E-state index >= 15 is 0 Å². The normalized spacial score (nSPS) is 23.3. The Morgan fingerprint density at radius 3 is 2.58 bits per heavy atom. The van der Waals surface area contributed by atoms with Gasteiger partial charge in [0.2, 0.25) is 11.8 Å². The summed E-state index contributed by atoms with van der Waals surface area (Å²) >= 11 is 0. The van der Waals surface area contributed by atoms with Crippen LogP contribution in [0.5, 0.6) is 0 Å². The van der Waals surface area contributed by atoms with Crippen LogP contribution >= 0.6 is 0 Å². The molecule has 2 atom stereocenters. The van der Waals surface area contributed by atoms with Crippen molar-refractivity contribution in [2.24, 2.45) is 11.8 Å². The summed E-state index contributed by atoms with van der Waals surface area (Å²) in [4.78, 5) is 27.1. The second-order valence-corrected chi connectivity index (χ2v) is 10.2. The van der Waals surface area contributed by atoms with Gasteiger partial charge in [-0.1, -0.05) is 36.4 Å². The molecule has 0 spiro atoms. The molecule has 2 unspecified atom stereocenters. The molecule has 1 saturated carbocycles. The number of nitrogens with one attached hydrogen (secondary N) is 2. The number of piperidine rings is 1. The van der Waals surface area contributed by atoms with Gasteiger partial charge in [0.1, 0.15) is 0 Å². The highest BCUT2D eigenvalue weighted by atomic mass is 16.3. The van der Waals surface area contributed by atoms with Gasteiger partial charge in [0, 0.05) is 38.6 Å². The zero-order chi connectivity index (χ0) is 22.8. The number of fused-ring (bicyclic) bond motifs is 2. The van der Waals surface area contributed by atoms with E-state index < -0.39 is 6.10 Å². The quantitative estimate of drug-likeness (QED) is 0.568. The first kappa shape index (κ1) is 22.4. The highest BCUT2D eigenvalue weighted by Crippen LogP contribution is 2.35. The van der Waals surface area contributed by atoms with Crippen LogP contribution in [0.3, 0.4) is 0 Å². The van der Waals surface area contributed by atoms with Crippen molar-refractivity contribution in [1.82, 2.24) is 15.5 Å². The van der Waals surface area contributed by atoms with Crippen molar-refractivity contribution in [3.63, 3.8) is 0 Å². The predicted octanol–water partition coefficient (Wildman–Crippen LogP) is 2.13. The maximum absolute atomic E-state index is 12.7. The third kappa shape index (κ3) is 5.56. The Kier molecular flexibility index (Phi) is 6.65. The van der Waals surface area contributed by atoms with Gasteiger partial charge in [-0.15, -0.1) is 0 Å². The van der Waals surface area contributed by atoms with E-state index in [1.54, 1.807) is 0 Å². The minimum atomic E-state index is -0.610. The molecule has 5 rings (SSSR count). The lowest BCUT2D eigenvalue weighted by molar-refractivity contribution is -0.131. The Balaban J connectivity index is 1.03. The van der Waals surface area contributed by atoms with Crippen molar-refractivity contribution in [1.29, 1.82) is 0 Å².